The molecule has 3 nitrogen and oxygen atoms in total. The lowest BCUT2D eigenvalue weighted by atomic mass is 9.60. The van der Waals surface area contributed by atoms with Crippen molar-refractivity contribution in [3.05, 3.63) is 51.5 Å². The summed E-state index contributed by atoms with van der Waals surface area (Å²) in [7, 11) is 0. The first-order chi connectivity index (χ1) is 20.7. The zero-order valence-corrected chi connectivity index (χ0v) is 28.8. The minimum Gasteiger partial charge on any atom is -0.461 e. The van der Waals surface area contributed by atoms with Crippen molar-refractivity contribution in [1.29, 1.82) is 0 Å². The van der Waals surface area contributed by atoms with E-state index in [-0.39, 0.29) is 23.4 Å². The Kier molecular flexibility index (Phi) is 10.8. The summed E-state index contributed by atoms with van der Waals surface area (Å²) in [5.41, 5.74) is 4.90. The predicted octanol–water partition coefficient (Wildman–Crippen LogP) is 11.1. The molecule has 4 aliphatic carbocycles. The molecule has 6 atom stereocenters. The maximum Gasteiger partial charge on any atom is 0.308 e. The summed E-state index contributed by atoms with van der Waals surface area (Å²) < 4.78 is 6.44. The van der Waals surface area contributed by atoms with Gasteiger partial charge in [0.2, 0.25) is 0 Å². The number of ether oxygens (including phenoxy) is 1. The lowest BCUT2D eigenvalue weighted by Gasteiger charge is -2.44. The number of aryl methyl sites for hydroxylation is 1. The van der Waals surface area contributed by atoms with Crippen molar-refractivity contribution in [2.24, 2.45) is 29.1 Å². The van der Waals surface area contributed by atoms with Gasteiger partial charge in [0, 0.05) is 11.1 Å². The van der Waals surface area contributed by atoms with E-state index in [9.17, 15) is 4.79 Å². The molecule has 4 aliphatic rings. The van der Waals surface area contributed by atoms with Crippen LogP contribution in [0.5, 0.6) is 0 Å². The standard InChI is InChI=1S/C39H59NO2S/c1-7-9-16-32-26-40-37(43-32)39(24-25-39)35(42-36(41)27(3)8-2)22-17-29(5)33-20-21-34-31(15-12-23-38(33,34)6)19-18-30-14-11-10-13-28(30)4/h18-19,26-27,29,33-35H,4,7-17,20-25H2,1-3,5-6H3/b30-18-,31-19+/t27?,29-,33-,34+,35+,38-/m1/s1. The van der Waals surface area contributed by atoms with Gasteiger partial charge in [-0.1, -0.05) is 70.9 Å². The summed E-state index contributed by atoms with van der Waals surface area (Å²) in [5.74, 6) is 2.02. The van der Waals surface area contributed by atoms with Crippen LogP contribution in [0.4, 0.5) is 0 Å². The van der Waals surface area contributed by atoms with Gasteiger partial charge >= 0.3 is 5.97 Å². The molecule has 0 spiro atoms. The molecule has 1 aromatic rings. The monoisotopic (exact) mass is 605 g/mol. The molecule has 1 heterocycles. The number of carbonyl (C=O) groups excluding carboxylic acids is 1. The minimum absolute atomic E-state index is 0.0149. The molecule has 0 saturated heterocycles. The van der Waals surface area contributed by atoms with E-state index in [0.29, 0.717) is 17.3 Å². The van der Waals surface area contributed by atoms with Crippen LogP contribution in [-0.4, -0.2) is 17.1 Å². The SMILES string of the molecule is C=C1CCCC/C1=C/C=C1\CCC[C@]2(C)[C@@H]([C@H](C)CC[C@H](OC(=O)C(C)CC)C3(c4ncc(CCCC)s4)CC3)CC[C@@H]12. The Bertz CT molecular complexity index is 1190. The Morgan fingerprint density at radius 3 is 2.60 bits per heavy atom. The quantitative estimate of drug-likeness (QED) is 0.210. The van der Waals surface area contributed by atoms with Crippen LogP contribution in [0.3, 0.4) is 0 Å². The van der Waals surface area contributed by atoms with E-state index in [4.69, 9.17) is 9.72 Å². The topological polar surface area (TPSA) is 39.2 Å². The Balaban J connectivity index is 1.28. The van der Waals surface area contributed by atoms with Gasteiger partial charge in [-0.15, -0.1) is 11.3 Å². The lowest BCUT2D eigenvalue weighted by molar-refractivity contribution is -0.156. The Labute approximate surface area is 267 Å². The van der Waals surface area contributed by atoms with E-state index >= 15 is 0 Å². The number of esters is 1. The number of aromatic nitrogens is 1. The van der Waals surface area contributed by atoms with Crippen molar-refractivity contribution in [2.75, 3.05) is 0 Å². The molecule has 43 heavy (non-hydrogen) atoms. The van der Waals surface area contributed by atoms with Crippen LogP contribution in [0.2, 0.25) is 0 Å². The maximum absolute atomic E-state index is 13.2. The summed E-state index contributed by atoms with van der Waals surface area (Å²) in [6.45, 7) is 15.8. The Morgan fingerprint density at radius 2 is 1.88 bits per heavy atom. The maximum atomic E-state index is 13.2. The number of rotatable bonds is 13. The van der Waals surface area contributed by atoms with Crippen molar-refractivity contribution in [1.82, 2.24) is 4.98 Å². The highest BCUT2D eigenvalue weighted by molar-refractivity contribution is 7.11. The van der Waals surface area contributed by atoms with Gasteiger partial charge in [-0.05, 0) is 131 Å². The summed E-state index contributed by atoms with van der Waals surface area (Å²) in [6.07, 6.45) is 27.2. The van der Waals surface area contributed by atoms with E-state index in [1.165, 1.54) is 91.7 Å². The molecule has 238 valence electrons. The fourth-order valence-corrected chi connectivity index (χ4v) is 10.2. The van der Waals surface area contributed by atoms with Crippen LogP contribution in [0.15, 0.2) is 41.6 Å². The molecule has 0 amide bonds. The summed E-state index contributed by atoms with van der Waals surface area (Å²) in [5, 5.41) is 1.22. The zero-order chi connectivity index (χ0) is 30.6. The van der Waals surface area contributed by atoms with E-state index < -0.39 is 0 Å². The molecule has 0 radical (unpaired) electrons. The van der Waals surface area contributed by atoms with Crippen LogP contribution >= 0.6 is 11.3 Å². The van der Waals surface area contributed by atoms with Gasteiger partial charge in [-0.2, -0.15) is 0 Å². The smallest absolute Gasteiger partial charge is 0.308 e. The fraction of sp³-hybridized carbons (Fsp3) is 0.744. The Morgan fingerprint density at radius 1 is 1.09 bits per heavy atom. The number of nitrogens with zero attached hydrogens (tertiary/aromatic N) is 1. The number of fused-ring (bicyclic) bond motifs is 1. The molecular formula is C39H59NO2S. The molecule has 0 aliphatic heterocycles. The van der Waals surface area contributed by atoms with Gasteiger partial charge < -0.3 is 4.74 Å². The van der Waals surface area contributed by atoms with Crippen molar-refractivity contribution < 1.29 is 9.53 Å². The van der Waals surface area contributed by atoms with E-state index in [0.717, 1.165) is 44.4 Å². The minimum atomic E-state index is -0.0581. The number of allylic oxidation sites excluding steroid dienone is 5. The molecule has 4 heteroatoms. The first-order valence-electron chi connectivity index (χ1n) is 17.9. The third-order valence-electron chi connectivity index (χ3n) is 12.2. The normalized spacial score (nSPS) is 30.7. The van der Waals surface area contributed by atoms with Gasteiger partial charge in [0.05, 0.1) is 11.3 Å². The summed E-state index contributed by atoms with van der Waals surface area (Å²) in [4.78, 5) is 19.5. The fourth-order valence-electron chi connectivity index (χ4n) is 8.91. The molecule has 4 saturated carbocycles. The predicted molar refractivity (Wildman–Crippen MR) is 181 cm³/mol. The second-order valence-electron chi connectivity index (χ2n) is 15.0. The molecule has 4 fully saturated rings. The summed E-state index contributed by atoms with van der Waals surface area (Å²) in [6, 6.07) is 0. The van der Waals surface area contributed by atoms with Crippen LogP contribution in [-0.2, 0) is 21.4 Å². The van der Waals surface area contributed by atoms with Gasteiger partial charge in [-0.3, -0.25) is 4.79 Å². The Hall–Kier alpha value is -1.68. The van der Waals surface area contributed by atoms with Crippen molar-refractivity contribution in [3.63, 3.8) is 0 Å². The second-order valence-corrected chi connectivity index (χ2v) is 16.1. The van der Waals surface area contributed by atoms with E-state index in [1.54, 1.807) is 5.57 Å². The van der Waals surface area contributed by atoms with E-state index in [2.05, 4.69) is 52.6 Å². The van der Waals surface area contributed by atoms with Crippen LogP contribution < -0.4 is 0 Å². The third kappa shape index (κ3) is 7.10. The molecule has 0 N–H and O–H groups in total. The van der Waals surface area contributed by atoms with Gasteiger partial charge in [0.1, 0.15) is 11.1 Å². The average molecular weight is 606 g/mol. The number of hydrogen-bond acceptors (Lipinski definition) is 4. The van der Waals surface area contributed by atoms with Crippen molar-refractivity contribution in [3.8, 4) is 0 Å². The molecule has 0 aromatic carbocycles. The first kappa shape index (κ1) is 32.7. The molecule has 0 bridgehead atoms. The highest BCUT2D eigenvalue weighted by atomic mass is 32.1. The average Bonchev–Trinajstić information content (AvgIpc) is 3.52. The van der Waals surface area contributed by atoms with Crippen LogP contribution in [0.25, 0.3) is 0 Å². The molecule has 1 unspecified atom stereocenters. The first-order valence-corrected chi connectivity index (χ1v) is 18.8. The van der Waals surface area contributed by atoms with E-state index in [1.807, 2.05) is 18.3 Å². The van der Waals surface area contributed by atoms with Crippen LogP contribution in [0, 0.1) is 29.1 Å². The van der Waals surface area contributed by atoms with Gasteiger partial charge in [0.25, 0.3) is 0 Å². The molecule has 5 rings (SSSR count). The molecule has 1 aromatic heterocycles. The number of carbonyl (C=O) groups is 1. The highest BCUT2D eigenvalue weighted by Gasteiger charge is 2.56. The third-order valence-corrected chi connectivity index (χ3v) is 13.4. The number of unbranched alkanes of at least 4 members (excludes halogenated alkanes) is 1. The number of hydrogen-bond donors (Lipinski definition) is 0. The second kappa shape index (κ2) is 14.2. The van der Waals surface area contributed by atoms with Gasteiger partial charge in [0.15, 0.2) is 0 Å². The van der Waals surface area contributed by atoms with Crippen LogP contribution in [0.1, 0.15) is 147 Å². The summed E-state index contributed by atoms with van der Waals surface area (Å²) >= 11 is 1.88. The highest BCUT2D eigenvalue weighted by Crippen LogP contribution is 2.60. The largest absolute Gasteiger partial charge is 0.461 e. The number of thiazole rings is 1. The molecular weight excluding hydrogens is 547 g/mol. The zero-order valence-electron chi connectivity index (χ0n) is 28.0. The lowest BCUT2D eigenvalue weighted by Crippen LogP contribution is -2.37. The van der Waals surface area contributed by atoms with Crippen molar-refractivity contribution >= 4 is 17.3 Å². The van der Waals surface area contributed by atoms with Gasteiger partial charge in [-0.25, -0.2) is 4.98 Å². The van der Waals surface area contributed by atoms with Crippen molar-refractivity contribution in [2.45, 2.75) is 155 Å².